The number of amides is 2. The van der Waals surface area contributed by atoms with Gasteiger partial charge in [-0.3, -0.25) is 19.4 Å². The van der Waals surface area contributed by atoms with Gasteiger partial charge in [-0.05, 0) is 31.9 Å². The quantitative estimate of drug-likeness (QED) is 0.378. The standard InChI is InChI=1S/C19H23N5O4.CH2O2/c1-11-14(10-22-17(23-11)12-3-2-4-20-9-12)19(28)24-15-7-13(8-16(15)26)18(27)21-5-6-25;2-1-3/h2-4,9-10,13,15-16,25-26H,5-8H2,1H3,(H,21,27)(H,24,28);1H,(H,2,3)/t13-,15+,16+;/m0./s1. The van der Waals surface area contributed by atoms with Crippen molar-refractivity contribution in [2.75, 3.05) is 13.2 Å². The first-order valence-corrected chi connectivity index (χ1v) is 9.60. The normalized spacial score (nSPS) is 19.6. The van der Waals surface area contributed by atoms with E-state index in [1.807, 2.05) is 6.07 Å². The highest BCUT2D eigenvalue weighted by Gasteiger charge is 2.37. The van der Waals surface area contributed by atoms with Crippen LogP contribution >= 0.6 is 0 Å². The largest absolute Gasteiger partial charge is 0.483 e. The number of hydrogen-bond acceptors (Lipinski definition) is 8. The molecule has 3 atom stereocenters. The van der Waals surface area contributed by atoms with Gasteiger partial charge < -0.3 is 26.0 Å². The zero-order chi connectivity index (χ0) is 22.8. The molecule has 2 aromatic rings. The van der Waals surface area contributed by atoms with E-state index in [2.05, 4.69) is 25.6 Å². The van der Waals surface area contributed by atoms with Crippen LogP contribution in [0, 0.1) is 12.8 Å². The Morgan fingerprint density at radius 2 is 2.03 bits per heavy atom. The molecule has 0 bridgehead atoms. The molecular weight excluding hydrogens is 406 g/mol. The molecule has 1 aliphatic carbocycles. The van der Waals surface area contributed by atoms with E-state index in [1.54, 1.807) is 25.4 Å². The Morgan fingerprint density at radius 3 is 2.65 bits per heavy atom. The molecule has 2 heterocycles. The van der Waals surface area contributed by atoms with Crippen LogP contribution in [0.25, 0.3) is 11.4 Å². The van der Waals surface area contributed by atoms with Gasteiger partial charge in [-0.2, -0.15) is 0 Å². The van der Waals surface area contributed by atoms with Crippen LogP contribution in [0.4, 0.5) is 0 Å². The maximum absolute atomic E-state index is 12.6. The molecule has 31 heavy (non-hydrogen) atoms. The molecule has 0 saturated heterocycles. The summed E-state index contributed by atoms with van der Waals surface area (Å²) in [6.45, 7) is 1.49. The third-order valence-electron chi connectivity index (χ3n) is 4.77. The second-order valence-electron chi connectivity index (χ2n) is 6.87. The molecule has 11 heteroatoms. The van der Waals surface area contributed by atoms with Crippen LogP contribution in [-0.2, 0) is 9.59 Å². The Labute approximate surface area is 178 Å². The van der Waals surface area contributed by atoms with E-state index in [0.29, 0.717) is 23.5 Å². The monoisotopic (exact) mass is 431 g/mol. The molecule has 11 nitrogen and oxygen atoms in total. The van der Waals surface area contributed by atoms with Crippen molar-refractivity contribution in [2.45, 2.75) is 31.9 Å². The number of nitrogens with zero attached hydrogens (tertiary/aromatic N) is 3. The van der Waals surface area contributed by atoms with Crippen molar-refractivity contribution >= 4 is 18.3 Å². The number of carbonyl (C=O) groups excluding carboxylic acids is 2. The fraction of sp³-hybridized carbons (Fsp3) is 0.400. The third-order valence-corrected chi connectivity index (χ3v) is 4.77. The van der Waals surface area contributed by atoms with Gasteiger partial charge in [-0.1, -0.05) is 0 Å². The molecule has 2 amide bonds. The van der Waals surface area contributed by atoms with Gasteiger partial charge in [0.1, 0.15) is 0 Å². The Kier molecular flexibility index (Phi) is 8.97. The fourth-order valence-electron chi connectivity index (χ4n) is 3.28. The summed E-state index contributed by atoms with van der Waals surface area (Å²) < 4.78 is 0. The van der Waals surface area contributed by atoms with Crippen LogP contribution in [0.3, 0.4) is 0 Å². The minimum atomic E-state index is -0.815. The fourth-order valence-corrected chi connectivity index (χ4v) is 3.28. The molecule has 1 aliphatic rings. The Balaban J connectivity index is 0.00000107. The molecule has 2 aromatic heterocycles. The number of nitrogens with one attached hydrogen (secondary N) is 2. The average Bonchev–Trinajstić information content (AvgIpc) is 3.13. The smallest absolute Gasteiger partial charge is 0.290 e. The molecular formula is C20H25N5O6. The van der Waals surface area contributed by atoms with E-state index in [-0.39, 0.29) is 32.0 Å². The van der Waals surface area contributed by atoms with Crippen molar-refractivity contribution in [3.8, 4) is 11.4 Å². The second kappa shape index (κ2) is 11.7. The number of rotatable bonds is 6. The van der Waals surface area contributed by atoms with Gasteiger partial charge in [-0.15, -0.1) is 0 Å². The lowest BCUT2D eigenvalue weighted by atomic mass is 10.1. The van der Waals surface area contributed by atoms with Crippen LogP contribution in [0.15, 0.2) is 30.7 Å². The summed E-state index contributed by atoms with van der Waals surface area (Å²) in [5.41, 5.74) is 1.57. The van der Waals surface area contributed by atoms with Crippen LogP contribution in [0.2, 0.25) is 0 Å². The number of aromatic nitrogens is 3. The molecule has 0 spiro atoms. The zero-order valence-electron chi connectivity index (χ0n) is 16.9. The van der Waals surface area contributed by atoms with Gasteiger partial charge in [-0.25, -0.2) is 9.97 Å². The molecule has 1 saturated carbocycles. The number of carboxylic acid groups (broad SMARTS) is 1. The number of aliphatic hydroxyl groups is 2. The van der Waals surface area contributed by atoms with Gasteiger partial charge in [0.05, 0.1) is 30.0 Å². The highest BCUT2D eigenvalue weighted by Crippen LogP contribution is 2.27. The Hall–Kier alpha value is -3.44. The van der Waals surface area contributed by atoms with E-state index in [9.17, 15) is 14.7 Å². The van der Waals surface area contributed by atoms with Gasteiger partial charge in [0.25, 0.3) is 12.4 Å². The Bertz CT molecular complexity index is 895. The number of pyridine rings is 1. The maximum Gasteiger partial charge on any atom is 0.290 e. The van der Waals surface area contributed by atoms with Crippen molar-refractivity contribution < 1.29 is 29.7 Å². The predicted molar refractivity (Wildman–Crippen MR) is 109 cm³/mol. The molecule has 1 fully saturated rings. The summed E-state index contributed by atoms with van der Waals surface area (Å²) in [6.07, 6.45) is 4.53. The van der Waals surface area contributed by atoms with E-state index in [1.165, 1.54) is 6.20 Å². The minimum absolute atomic E-state index is 0.143. The van der Waals surface area contributed by atoms with Crippen molar-refractivity contribution in [2.24, 2.45) is 5.92 Å². The van der Waals surface area contributed by atoms with Crippen molar-refractivity contribution in [3.05, 3.63) is 42.0 Å². The highest BCUT2D eigenvalue weighted by molar-refractivity contribution is 5.95. The van der Waals surface area contributed by atoms with Gasteiger partial charge in [0, 0.05) is 36.6 Å². The molecule has 0 aromatic carbocycles. The summed E-state index contributed by atoms with van der Waals surface area (Å²) in [5, 5.41) is 31.3. The number of carbonyl (C=O) groups is 3. The summed E-state index contributed by atoms with van der Waals surface area (Å²) in [5.74, 6) is -0.554. The van der Waals surface area contributed by atoms with E-state index < -0.39 is 24.0 Å². The Morgan fingerprint density at radius 1 is 1.29 bits per heavy atom. The second-order valence-corrected chi connectivity index (χ2v) is 6.87. The number of aryl methyl sites for hydroxylation is 1. The van der Waals surface area contributed by atoms with Crippen molar-refractivity contribution in [1.82, 2.24) is 25.6 Å². The molecule has 3 rings (SSSR count). The van der Waals surface area contributed by atoms with Gasteiger partial charge in [0.2, 0.25) is 5.91 Å². The zero-order valence-corrected chi connectivity index (χ0v) is 16.9. The third kappa shape index (κ3) is 6.52. The van der Waals surface area contributed by atoms with Gasteiger partial charge >= 0.3 is 0 Å². The first-order chi connectivity index (χ1) is 14.9. The van der Waals surface area contributed by atoms with Gasteiger partial charge in [0.15, 0.2) is 5.82 Å². The summed E-state index contributed by atoms with van der Waals surface area (Å²) >= 11 is 0. The summed E-state index contributed by atoms with van der Waals surface area (Å²) in [4.78, 5) is 45.6. The average molecular weight is 431 g/mol. The maximum atomic E-state index is 12.6. The summed E-state index contributed by atoms with van der Waals surface area (Å²) in [6, 6.07) is 3.08. The van der Waals surface area contributed by atoms with E-state index >= 15 is 0 Å². The minimum Gasteiger partial charge on any atom is -0.483 e. The van der Waals surface area contributed by atoms with Crippen molar-refractivity contribution in [3.63, 3.8) is 0 Å². The topological polar surface area (TPSA) is 175 Å². The van der Waals surface area contributed by atoms with Crippen LogP contribution in [-0.4, -0.2) is 73.9 Å². The van der Waals surface area contributed by atoms with Crippen LogP contribution in [0.5, 0.6) is 0 Å². The number of aliphatic hydroxyl groups excluding tert-OH is 2. The van der Waals surface area contributed by atoms with E-state index in [0.717, 1.165) is 5.56 Å². The first kappa shape index (κ1) is 23.8. The highest BCUT2D eigenvalue weighted by atomic mass is 16.3. The predicted octanol–water partition coefficient (Wildman–Crippen LogP) is -0.474. The van der Waals surface area contributed by atoms with E-state index in [4.69, 9.17) is 15.0 Å². The molecule has 0 radical (unpaired) electrons. The molecule has 0 aliphatic heterocycles. The lowest BCUT2D eigenvalue weighted by molar-refractivity contribution is -0.125. The lowest BCUT2D eigenvalue weighted by Gasteiger charge is -2.17. The molecule has 0 unspecified atom stereocenters. The van der Waals surface area contributed by atoms with Crippen LogP contribution < -0.4 is 10.6 Å². The number of hydrogen-bond donors (Lipinski definition) is 5. The van der Waals surface area contributed by atoms with Crippen LogP contribution in [0.1, 0.15) is 28.9 Å². The molecule has 166 valence electrons. The lowest BCUT2D eigenvalue weighted by Crippen LogP contribution is -2.40. The first-order valence-electron chi connectivity index (χ1n) is 9.60. The molecule has 5 N–H and O–H groups in total. The SMILES string of the molecule is Cc1nc(-c2cccnc2)ncc1C(=O)N[C@@H]1C[C@H](C(=O)NCCO)C[C@H]1O.O=CO. The summed E-state index contributed by atoms with van der Waals surface area (Å²) in [7, 11) is 0. The van der Waals surface area contributed by atoms with Crippen molar-refractivity contribution in [1.29, 1.82) is 0 Å².